The molecule has 1 aromatic carbocycles. The number of unbranched alkanes of at least 4 members (excludes halogenated alkanes) is 1. The van der Waals surface area contributed by atoms with Gasteiger partial charge in [0, 0.05) is 31.2 Å². The molecule has 0 aliphatic carbocycles. The zero-order valence-corrected chi connectivity index (χ0v) is 17.9. The average molecular weight is 418 g/mol. The number of benzene rings is 1. The Hall–Kier alpha value is -1.15. The SMILES string of the molecule is CCCCS(=O)(=O)N1CCC(C(=O)Nc2ccccc2CNCC)CC1.Cl. The van der Waals surface area contributed by atoms with Gasteiger partial charge in [-0.25, -0.2) is 12.7 Å². The Kier molecular flexibility index (Phi) is 10.3. The summed E-state index contributed by atoms with van der Waals surface area (Å²) >= 11 is 0. The van der Waals surface area contributed by atoms with Crippen LogP contribution in [0.15, 0.2) is 24.3 Å². The standard InChI is InChI=1S/C19H31N3O3S.ClH/c1-3-5-14-26(24,25)22-12-10-16(11-13-22)19(23)21-18-9-7-6-8-17(18)15-20-4-2;/h6-9,16,20H,3-5,10-15H2,1-2H3,(H,21,23);1H. The van der Waals surface area contributed by atoms with Crippen LogP contribution < -0.4 is 10.6 Å². The van der Waals surface area contributed by atoms with E-state index in [4.69, 9.17) is 0 Å². The summed E-state index contributed by atoms with van der Waals surface area (Å²) in [5.74, 6) is 0.0532. The molecule has 8 heteroatoms. The van der Waals surface area contributed by atoms with Crippen LogP contribution in [-0.2, 0) is 21.4 Å². The molecule has 0 aromatic heterocycles. The van der Waals surface area contributed by atoms with Crippen LogP contribution in [0.4, 0.5) is 5.69 Å². The fourth-order valence-corrected chi connectivity index (χ4v) is 4.82. The van der Waals surface area contributed by atoms with E-state index in [-0.39, 0.29) is 30.0 Å². The van der Waals surface area contributed by atoms with Gasteiger partial charge in [0.15, 0.2) is 0 Å². The number of nitrogens with one attached hydrogen (secondary N) is 2. The molecule has 1 heterocycles. The highest BCUT2D eigenvalue weighted by molar-refractivity contribution is 7.89. The van der Waals surface area contributed by atoms with Crippen LogP contribution in [0.2, 0.25) is 0 Å². The summed E-state index contributed by atoms with van der Waals surface area (Å²) < 4.78 is 26.1. The van der Waals surface area contributed by atoms with Crippen molar-refractivity contribution in [3.63, 3.8) is 0 Å². The molecule has 27 heavy (non-hydrogen) atoms. The minimum Gasteiger partial charge on any atom is -0.326 e. The molecule has 0 radical (unpaired) electrons. The summed E-state index contributed by atoms with van der Waals surface area (Å²) in [6.07, 6.45) is 2.70. The molecule has 1 aliphatic rings. The number of amides is 1. The number of rotatable bonds is 9. The number of halogens is 1. The molecular weight excluding hydrogens is 386 g/mol. The van der Waals surface area contributed by atoms with E-state index in [1.54, 1.807) is 4.31 Å². The molecule has 1 fully saturated rings. The maximum atomic E-state index is 12.6. The lowest BCUT2D eigenvalue weighted by atomic mass is 9.97. The second-order valence-electron chi connectivity index (χ2n) is 6.77. The monoisotopic (exact) mass is 417 g/mol. The van der Waals surface area contributed by atoms with E-state index >= 15 is 0 Å². The van der Waals surface area contributed by atoms with Crippen molar-refractivity contribution in [3.05, 3.63) is 29.8 Å². The molecule has 1 saturated heterocycles. The third-order valence-electron chi connectivity index (χ3n) is 4.81. The van der Waals surface area contributed by atoms with Gasteiger partial charge in [-0.15, -0.1) is 12.4 Å². The molecule has 1 aliphatic heterocycles. The van der Waals surface area contributed by atoms with Crippen molar-refractivity contribution in [2.24, 2.45) is 5.92 Å². The Morgan fingerprint density at radius 1 is 1.19 bits per heavy atom. The van der Waals surface area contributed by atoms with Crippen molar-refractivity contribution < 1.29 is 13.2 Å². The number of carbonyl (C=O) groups excluding carboxylic acids is 1. The maximum absolute atomic E-state index is 12.6. The maximum Gasteiger partial charge on any atom is 0.227 e. The Morgan fingerprint density at radius 2 is 1.85 bits per heavy atom. The van der Waals surface area contributed by atoms with Gasteiger partial charge in [0.25, 0.3) is 0 Å². The number of para-hydroxylation sites is 1. The lowest BCUT2D eigenvalue weighted by Gasteiger charge is -2.30. The minimum absolute atomic E-state index is 0. The van der Waals surface area contributed by atoms with Gasteiger partial charge in [-0.1, -0.05) is 38.5 Å². The quantitative estimate of drug-likeness (QED) is 0.647. The van der Waals surface area contributed by atoms with E-state index in [1.165, 1.54) is 0 Å². The molecule has 1 amide bonds. The zero-order valence-electron chi connectivity index (χ0n) is 16.2. The molecule has 0 bridgehead atoms. The lowest BCUT2D eigenvalue weighted by Crippen LogP contribution is -2.42. The van der Waals surface area contributed by atoms with E-state index in [2.05, 4.69) is 10.6 Å². The fourth-order valence-electron chi connectivity index (χ4n) is 3.14. The summed E-state index contributed by atoms with van der Waals surface area (Å²) in [4.78, 5) is 12.6. The molecular formula is C19H32ClN3O3S. The number of anilines is 1. The van der Waals surface area contributed by atoms with E-state index in [1.807, 2.05) is 38.1 Å². The van der Waals surface area contributed by atoms with Gasteiger partial charge in [0.05, 0.1) is 5.75 Å². The highest BCUT2D eigenvalue weighted by Gasteiger charge is 2.30. The normalized spacial score (nSPS) is 15.9. The molecule has 6 nitrogen and oxygen atoms in total. The molecule has 154 valence electrons. The van der Waals surface area contributed by atoms with Gasteiger partial charge in [0.1, 0.15) is 0 Å². The third-order valence-corrected chi connectivity index (χ3v) is 6.77. The van der Waals surface area contributed by atoms with Crippen molar-refractivity contribution in [3.8, 4) is 0 Å². The van der Waals surface area contributed by atoms with E-state index in [9.17, 15) is 13.2 Å². The molecule has 2 rings (SSSR count). The van der Waals surface area contributed by atoms with Crippen molar-refractivity contribution in [2.45, 2.75) is 46.1 Å². The zero-order chi connectivity index (χ0) is 19.0. The van der Waals surface area contributed by atoms with Crippen LogP contribution in [0.25, 0.3) is 0 Å². The van der Waals surface area contributed by atoms with Crippen molar-refractivity contribution in [1.29, 1.82) is 0 Å². The number of carbonyl (C=O) groups is 1. The second kappa shape index (κ2) is 11.6. The summed E-state index contributed by atoms with van der Waals surface area (Å²) in [6.45, 7) is 6.48. The molecule has 0 spiro atoms. The summed E-state index contributed by atoms with van der Waals surface area (Å²) in [5.41, 5.74) is 1.89. The predicted molar refractivity (Wildman–Crippen MR) is 113 cm³/mol. The third kappa shape index (κ3) is 7.07. The van der Waals surface area contributed by atoms with Gasteiger partial charge in [-0.05, 0) is 37.4 Å². The summed E-state index contributed by atoms with van der Waals surface area (Å²) in [6, 6.07) is 7.78. The minimum atomic E-state index is -3.18. The van der Waals surface area contributed by atoms with Gasteiger partial charge in [-0.2, -0.15) is 0 Å². The first-order chi connectivity index (χ1) is 12.5. The Morgan fingerprint density at radius 3 is 2.48 bits per heavy atom. The van der Waals surface area contributed by atoms with Gasteiger partial charge in [0.2, 0.25) is 15.9 Å². The highest BCUT2D eigenvalue weighted by atomic mass is 35.5. The van der Waals surface area contributed by atoms with Gasteiger partial charge >= 0.3 is 0 Å². The molecule has 0 saturated carbocycles. The fraction of sp³-hybridized carbons (Fsp3) is 0.632. The topological polar surface area (TPSA) is 78.5 Å². The first-order valence-electron chi connectivity index (χ1n) is 9.55. The second-order valence-corrected chi connectivity index (χ2v) is 8.86. The smallest absolute Gasteiger partial charge is 0.227 e. The first kappa shape index (κ1) is 23.9. The number of sulfonamides is 1. The Bertz CT molecular complexity index is 689. The van der Waals surface area contributed by atoms with Crippen LogP contribution >= 0.6 is 12.4 Å². The molecule has 0 unspecified atom stereocenters. The van der Waals surface area contributed by atoms with Crippen LogP contribution in [0, 0.1) is 5.92 Å². The number of hydrogen-bond donors (Lipinski definition) is 2. The van der Waals surface area contributed by atoms with Crippen LogP contribution in [0.3, 0.4) is 0 Å². The first-order valence-corrected chi connectivity index (χ1v) is 11.2. The highest BCUT2D eigenvalue weighted by Crippen LogP contribution is 2.23. The molecule has 2 N–H and O–H groups in total. The summed E-state index contributed by atoms with van der Waals surface area (Å²) in [7, 11) is -3.18. The van der Waals surface area contributed by atoms with Crippen molar-refractivity contribution in [1.82, 2.24) is 9.62 Å². The van der Waals surface area contributed by atoms with Crippen LogP contribution in [0.1, 0.15) is 45.1 Å². The Labute approximate surface area is 169 Å². The molecule has 0 atom stereocenters. The van der Waals surface area contributed by atoms with E-state index in [0.717, 1.165) is 24.2 Å². The van der Waals surface area contributed by atoms with Gasteiger partial charge < -0.3 is 10.6 Å². The lowest BCUT2D eigenvalue weighted by molar-refractivity contribution is -0.120. The van der Waals surface area contributed by atoms with Crippen LogP contribution in [-0.4, -0.2) is 44.0 Å². The predicted octanol–water partition coefficient (Wildman–Crippen LogP) is 3.00. The number of nitrogens with zero attached hydrogens (tertiary/aromatic N) is 1. The number of piperidine rings is 1. The van der Waals surface area contributed by atoms with Gasteiger partial charge in [-0.3, -0.25) is 4.79 Å². The number of hydrogen-bond acceptors (Lipinski definition) is 4. The van der Waals surface area contributed by atoms with E-state index < -0.39 is 10.0 Å². The van der Waals surface area contributed by atoms with Crippen LogP contribution in [0.5, 0.6) is 0 Å². The van der Waals surface area contributed by atoms with Crippen molar-refractivity contribution >= 4 is 34.0 Å². The van der Waals surface area contributed by atoms with Crippen molar-refractivity contribution in [2.75, 3.05) is 30.7 Å². The van der Waals surface area contributed by atoms with E-state index in [0.29, 0.717) is 38.9 Å². The molecule has 1 aromatic rings. The largest absolute Gasteiger partial charge is 0.326 e. The summed E-state index contributed by atoms with van der Waals surface area (Å²) in [5, 5.41) is 6.30. The average Bonchev–Trinajstić information content (AvgIpc) is 2.66. The Balaban J connectivity index is 0.00000364.